The summed E-state index contributed by atoms with van der Waals surface area (Å²) in [4.78, 5) is 24.2. The van der Waals surface area contributed by atoms with Gasteiger partial charge in [0.15, 0.2) is 0 Å². The molecule has 0 saturated carbocycles. The van der Waals surface area contributed by atoms with E-state index in [-0.39, 0.29) is 23.3 Å². The smallest absolute Gasteiger partial charge is 0.292 e. The van der Waals surface area contributed by atoms with Crippen LogP contribution >= 0.6 is 0 Å². The van der Waals surface area contributed by atoms with Crippen LogP contribution in [0.1, 0.15) is 5.56 Å². The van der Waals surface area contributed by atoms with Crippen LogP contribution in [0.25, 0.3) is 0 Å². The summed E-state index contributed by atoms with van der Waals surface area (Å²) in [5.41, 5.74) is 6.34. The van der Waals surface area contributed by atoms with Gasteiger partial charge in [-0.2, -0.15) is 0 Å². The van der Waals surface area contributed by atoms with E-state index in [1.54, 1.807) is 13.1 Å². The Hall–Kier alpha value is -2.19. The van der Waals surface area contributed by atoms with Crippen molar-refractivity contribution in [3.05, 3.63) is 33.9 Å². The maximum absolute atomic E-state index is 11.8. The number of anilines is 1. The quantitative estimate of drug-likeness (QED) is 0.464. The van der Waals surface area contributed by atoms with Gasteiger partial charge in [0.05, 0.1) is 18.1 Å². The van der Waals surface area contributed by atoms with E-state index in [1.165, 1.54) is 12.1 Å². The number of nitrogens with one attached hydrogen (secondary N) is 1. The molecule has 3 N–H and O–H groups in total. The van der Waals surface area contributed by atoms with Gasteiger partial charge >= 0.3 is 0 Å². The summed E-state index contributed by atoms with van der Waals surface area (Å²) in [6.07, 6.45) is 0. The minimum atomic E-state index is -0.506. The third-order valence-corrected chi connectivity index (χ3v) is 3.47. The fraction of sp³-hybridized carbons (Fsp3) is 0.462. The highest BCUT2D eigenvalue weighted by molar-refractivity contribution is 5.81. The minimum Gasteiger partial charge on any atom is -0.393 e. The Kier molecular flexibility index (Phi) is 4.71. The van der Waals surface area contributed by atoms with Crippen molar-refractivity contribution >= 4 is 17.3 Å². The lowest BCUT2D eigenvalue weighted by atomic mass is 10.1. The molecule has 114 valence electrons. The predicted molar refractivity (Wildman–Crippen MR) is 76.6 cm³/mol. The van der Waals surface area contributed by atoms with Crippen LogP contribution in [0, 0.1) is 10.1 Å². The topological polar surface area (TPSA) is 111 Å². The molecular weight excluding hydrogens is 276 g/mol. The number of ether oxygens (including phenoxy) is 1. The first-order valence-electron chi connectivity index (χ1n) is 6.59. The SMILES string of the molecule is CNC(=O)C1COCCN1Cc1ccc(N)c([N+](=O)[O-])c1. The average Bonchev–Trinajstić information content (AvgIpc) is 2.48. The van der Waals surface area contributed by atoms with Crippen LogP contribution < -0.4 is 11.1 Å². The van der Waals surface area contributed by atoms with Crippen LogP contribution in [0.3, 0.4) is 0 Å². The Bertz CT molecular complexity index is 549. The molecule has 1 aromatic rings. The fourth-order valence-electron chi connectivity index (χ4n) is 2.32. The predicted octanol–water partition coefficient (Wildman–Crippen LogP) is 0.124. The zero-order valence-electron chi connectivity index (χ0n) is 11.7. The van der Waals surface area contributed by atoms with E-state index in [2.05, 4.69) is 5.32 Å². The number of nitrogens with zero attached hydrogens (tertiary/aromatic N) is 2. The zero-order valence-corrected chi connectivity index (χ0v) is 11.7. The molecule has 1 aliphatic rings. The molecule has 1 unspecified atom stereocenters. The molecule has 1 aliphatic heterocycles. The number of carbonyl (C=O) groups excluding carboxylic acids is 1. The highest BCUT2D eigenvalue weighted by Crippen LogP contribution is 2.24. The first-order valence-corrected chi connectivity index (χ1v) is 6.59. The lowest BCUT2D eigenvalue weighted by Gasteiger charge is -2.34. The highest BCUT2D eigenvalue weighted by Gasteiger charge is 2.29. The van der Waals surface area contributed by atoms with Gasteiger partial charge in [0.1, 0.15) is 11.7 Å². The average molecular weight is 294 g/mol. The first-order chi connectivity index (χ1) is 10.0. The second kappa shape index (κ2) is 6.51. The van der Waals surface area contributed by atoms with Crippen molar-refractivity contribution in [2.75, 3.05) is 32.5 Å². The number of nitrogens with two attached hydrogens (primary N) is 1. The minimum absolute atomic E-state index is 0.114. The van der Waals surface area contributed by atoms with Crippen LogP contribution in [0.5, 0.6) is 0 Å². The normalized spacial score (nSPS) is 19.2. The van der Waals surface area contributed by atoms with Crippen molar-refractivity contribution in [2.24, 2.45) is 0 Å². The number of amides is 1. The van der Waals surface area contributed by atoms with Crippen molar-refractivity contribution in [3.8, 4) is 0 Å². The molecule has 0 aliphatic carbocycles. The van der Waals surface area contributed by atoms with Crippen LogP contribution in [-0.4, -0.2) is 48.6 Å². The number of benzene rings is 1. The maximum atomic E-state index is 11.8. The Morgan fingerprint density at radius 2 is 2.38 bits per heavy atom. The number of nitro groups is 1. The van der Waals surface area contributed by atoms with E-state index >= 15 is 0 Å². The second-order valence-corrected chi connectivity index (χ2v) is 4.83. The van der Waals surface area contributed by atoms with Crippen LogP contribution in [0.15, 0.2) is 18.2 Å². The van der Waals surface area contributed by atoms with Crippen molar-refractivity contribution in [1.29, 1.82) is 0 Å². The third kappa shape index (κ3) is 3.47. The van der Waals surface area contributed by atoms with E-state index in [0.29, 0.717) is 26.3 Å². The molecule has 1 saturated heterocycles. The summed E-state index contributed by atoms with van der Waals surface area (Å²) in [6.45, 7) is 1.88. The summed E-state index contributed by atoms with van der Waals surface area (Å²) in [5, 5.41) is 13.5. The maximum Gasteiger partial charge on any atom is 0.292 e. The number of rotatable bonds is 4. The van der Waals surface area contributed by atoms with Crippen molar-refractivity contribution in [1.82, 2.24) is 10.2 Å². The van der Waals surface area contributed by atoms with E-state index in [0.717, 1.165) is 5.56 Å². The molecule has 0 aromatic heterocycles. The number of hydrogen-bond acceptors (Lipinski definition) is 6. The Morgan fingerprint density at radius 3 is 3.05 bits per heavy atom. The highest BCUT2D eigenvalue weighted by atomic mass is 16.6. The van der Waals surface area contributed by atoms with E-state index in [9.17, 15) is 14.9 Å². The molecule has 0 spiro atoms. The number of nitrogen functional groups attached to an aromatic ring is 1. The van der Waals surface area contributed by atoms with E-state index in [1.807, 2.05) is 4.90 Å². The van der Waals surface area contributed by atoms with E-state index in [4.69, 9.17) is 10.5 Å². The summed E-state index contributed by atoms with van der Waals surface area (Å²) < 4.78 is 5.32. The largest absolute Gasteiger partial charge is 0.393 e. The summed E-state index contributed by atoms with van der Waals surface area (Å²) in [6, 6.07) is 4.31. The summed E-state index contributed by atoms with van der Waals surface area (Å²) in [7, 11) is 1.57. The molecular formula is C13H18N4O4. The number of hydrogen-bond donors (Lipinski definition) is 2. The summed E-state index contributed by atoms with van der Waals surface area (Å²) >= 11 is 0. The number of nitro benzene ring substituents is 1. The Balaban J connectivity index is 2.17. The molecule has 2 rings (SSSR count). The molecule has 1 amide bonds. The Labute approximate surface area is 122 Å². The van der Waals surface area contributed by atoms with Gasteiger partial charge in [0.2, 0.25) is 5.91 Å². The zero-order chi connectivity index (χ0) is 15.4. The molecule has 8 heteroatoms. The molecule has 0 radical (unpaired) electrons. The molecule has 1 atom stereocenters. The van der Waals surface area contributed by atoms with Gasteiger partial charge in [-0.3, -0.25) is 19.8 Å². The van der Waals surface area contributed by atoms with Gasteiger partial charge in [-0.05, 0) is 11.6 Å². The van der Waals surface area contributed by atoms with Crippen molar-refractivity contribution in [3.63, 3.8) is 0 Å². The van der Waals surface area contributed by atoms with E-state index < -0.39 is 4.92 Å². The van der Waals surface area contributed by atoms with Gasteiger partial charge in [0, 0.05) is 26.2 Å². The summed E-state index contributed by atoms with van der Waals surface area (Å²) in [5.74, 6) is -0.125. The molecule has 8 nitrogen and oxygen atoms in total. The van der Waals surface area contributed by atoms with Crippen molar-refractivity contribution < 1.29 is 14.5 Å². The van der Waals surface area contributed by atoms with Crippen LogP contribution in [-0.2, 0) is 16.1 Å². The number of carbonyl (C=O) groups is 1. The number of likely N-dealkylation sites (N-methyl/N-ethyl adjacent to an activating group) is 1. The van der Waals surface area contributed by atoms with Gasteiger partial charge in [-0.1, -0.05) is 6.07 Å². The van der Waals surface area contributed by atoms with Crippen molar-refractivity contribution in [2.45, 2.75) is 12.6 Å². The molecule has 1 fully saturated rings. The number of morpholine rings is 1. The van der Waals surface area contributed by atoms with Gasteiger partial charge in [-0.15, -0.1) is 0 Å². The Morgan fingerprint density at radius 1 is 1.62 bits per heavy atom. The van der Waals surface area contributed by atoms with Gasteiger partial charge in [-0.25, -0.2) is 0 Å². The van der Waals surface area contributed by atoms with Crippen LogP contribution in [0.2, 0.25) is 0 Å². The second-order valence-electron chi connectivity index (χ2n) is 4.83. The molecule has 1 aromatic carbocycles. The van der Waals surface area contributed by atoms with Crippen LogP contribution in [0.4, 0.5) is 11.4 Å². The molecule has 21 heavy (non-hydrogen) atoms. The lowest BCUT2D eigenvalue weighted by molar-refractivity contribution is -0.384. The third-order valence-electron chi connectivity index (χ3n) is 3.47. The van der Waals surface area contributed by atoms with Gasteiger partial charge < -0.3 is 15.8 Å². The van der Waals surface area contributed by atoms with Gasteiger partial charge in [0.25, 0.3) is 5.69 Å². The standard InChI is InChI=1S/C13H18N4O4/c1-15-13(18)12-8-21-5-4-16(12)7-9-2-3-10(14)11(6-9)17(19)20/h2-3,6,12H,4-5,7-8,14H2,1H3,(H,15,18). The monoisotopic (exact) mass is 294 g/mol. The molecule has 1 heterocycles. The molecule has 0 bridgehead atoms. The fourth-order valence-corrected chi connectivity index (χ4v) is 2.32. The lowest BCUT2D eigenvalue weighted by Crippen LogP contribution is -2.52. The first kappa shape index (κ1) is 15.2.